The quantitative estimate of drug-likeness (QED) is 0.627. The third-order valence-electron chi connectivity index (χ3n) is 4.08. The van der Waals surface area contributed by atoms with Crippen molar-refractivity contribution in [1.82, 2.24) is 9.55 Å². The molecule has 0 N–H and O–H groups in total. The SMILES string of the molecule is CCOC(=O)c1sc2ncn(Cc3cccc(C(=O)OC)c3)c(=O)c2c1C. The maximum atomic E-state index is 12.9. The Bertz CT molecular complexity index is 1080. The average Bonchev–Trinajstić information content (AvgIpc) is 3.01. The summed E-state index contributed by atoms with van der Waals surface area (Å²) < 4.78 is 11.2. The van der Waals surface area contributed by atoms with Gasteiger partial charge in [0, 0.05) is 0 Å². The Kier molecular flexibility index (Phi) is 5.36. The Labute approximate surface area is 159 Å². The maximum Gasteiger partial charge on any atom is 0.348 e. The second kappa shape index (κ2) is 7.71. The monoisotopic (exact) mass is 386 g/mol. The van der Waals surface area contributed by atoms with Crippen molar-refractivity contribution in [2.24, 2.45) is 0 Å². The van der Waals surface area contributed by atoms with Gasteiger partial charge >= 0.3 is 11.9 Å². The molecule has 1 aromatic carbocycles. The van der Waals surface area contributed by atoms with Crippen molar-refractivity contribution in [3.05, 3.63) is 62.5 Å². The van der Waals surface area contributed by atoms with E-state index >= 15 is 0 Å². The van der Waals surface area contributed by atoms with E-state index in [0.29, 0.717) is 26.2 Å². The van der Waals surface area contributed by atoms with Gasteiger partial charge in [0.25, 0.3) is 5.56 Å². The number of nitrogens with zero attached hydrogens (tertiary/aromatic N) is 2. The number of fused-ring (bicyclic) bond motifs is 1. The van der Waals surface area contributed by atoms with Gasteiger partial charge in [0.15, 0.2) is 0 Å². The van der Waals surface area contributed by atoms with E-state index in [4.69, 9.17) is 9.47 Å². The van der Waals surface area contributed by atoms with E-state index in [1.165, 1.54) is 18.0 Å². The van der Waals surface area contributed by atoms with Crippen LogP contribution in [0, 0.1) is 6.92 Å². The number of hydrogen-bond acceptors (Lipinski definition) is 7. The highest BCUT2D eigenvalue weighted by molar-refractivity contribution is 7.20. The highest BCUT2D eigenvalue weighted by Crippen LogP contribution is 2.27. The van der Waals surface area contributed by atoms with E-state index in [-0.39, 0.29) is 18.7 Å². The summed E-state index contributed by atoms with van der Waals surface area (Å²) in [4.78, 5) is 41.9. The van der Waals surface area contributed by atoms with E-state index in [0.717, 1.165) is 16.9 Å². The van der Waals surface area contributed by atoms with E-state index < -0.39 is 11.9 Å². The molecule has 0 aliphatic heterocycles. The first-order chi connectivity index (χ1) is 13.0. The Balaban J connectivity index is 2.00. The molecule has 140 valence electrons. The topological polar surface area (TPSA) is 87.5 Å². The summed E-state index contributed by atoms with van der Waals surface area (Å²) >= 11 is 1.15. The minimum atomic E-state index is -0.449. The second-order valence-corrected chi connectivity index (χ2v) is 6.83. The molecular formula is C19H18N2O5S. The predicted molar refractivity (Wildman–Crippen MR) is 101 cm³/mol. The van der Waals surface area contributed by atoms with Crippen LogP contribution in [0.2, 0.25) is 0 Å². The molecule has 0 aliphatic carbocycles. The molecule has 0 saturated heterocycles. The molecule has 0 fully saturated rings. The van der Waals surface area contributed by atoms with Crippen molar-refractivity contribution in [2.75, 3.05) is 13.7 Å². The minimum Gasteiger partial charge on any atom is -0.465 e. The van der Waals surface area contributed by atoms with Crippen LogP contribution in [0.25, 0.3) is 10.2 Å². The zero-order valence-electron chi connectivity index (χ0n) is 15.1. The van der Waals surface area contributed by atoms with Crippen LogP contribution < -0.4 is 5.56 Å². The fraction of sp³-hybridized carbons (Fsp3) is 0.263. The fourth-order valence-electron chi connectivity index (χ4n) is 2.77. The van der Waals surface area contributed by atoms with Crippen LogP contribution in [0.1, 0.15) is 38.1 Å². The number of carbonyl (C=O) groups is 2. The Morgan fingerprint density at radius 2 is 2.04 bits per heavy atom. The van der Waals surface area contributed by atoms with Crippen molar-refractivity contribution < 1.29 is 19.1 Å². The number of benzene rings is 1. The van der Waals surface area contributed by atoms with Crippen LogP contribution in [0.5, 0.6) is 0 Å². The summed E-state index contributed by atoms with van der Waals surface area (Å²) in [6.45, 7) is 3.96. The first-order valence-corrected chi connectivity index (χ1v) is 9.10. The first kappa shape index (κ1) is 18.8. The molecule has 27 heavy (non-hydrogen) atoms. The van der Waals surface area contributed by atoms with Gasteiger partial charge in [0.05, 0.1) is 37.5 Å². The lowest BCUT2D eigenvalue weighted by Crippen LogP contribution is -2.21. The van der Waals surface area contributed by atoms with Gasteiger partial charge in [0.2, 0.25) is 0 Å². The molecule has 2 aromatic heterocycles. The van der Waals surface area contributed by atoms with Crippen molar-refractivity contribution >= 4 is 33.5 Å². The zero-order chi connectivity index (χ0) is 19.6. The van der Waals surface area contributed by atoms with Gasteiger partial charge in [-0.2, -0.15) is 0 Å². The summed E-state index contributed by atoms with van der Waals surface area (Å²) in [7, 11) is 1.32. The Morgan fingerprint density at radius 3 is 2.74 bits per heavy atom. The maximum absolute atomic E-state index is 12.9. The van der Waals surface area contributed by atoms with Gasteiger partial charge in [-0.3, -0.25) is 9.36 Å². The third-order valence-corrected chi connectivity index (χ3v) is 5.26. The fourth-order valence-corrected chi connectivity index (χ4v) is 3.81. The number of esters is 2. The van der Waals surface area contributed by atoms with Crippen molar-refractivity contribution in [3.63, 3.8) is 0 Å². The van der Waals surface area contributed by atoms with Crippen molar-refractivity contribution in [1.29, 1.82) is 0 Å². The Morgan fingerprint density at radius 1 is 1.26 bits per heavy atom. The molecular weight excluding hydrogens is 368 g/mol. The molecule has 0 spiro atoms. The number of aromatic nitrogens is 2. The van der Waals surface area contributed by atoms with E-state index in [2.05, 4.69) is 4.98 Å². The smallest absolute Gasteiger partial charge is 0.348 e. The van der Waals surface area contributed by atoms with Crippen LogP contribution in [0.3, 0.4) is 0 Å². The molecule has 3 rings (SSSR count). The zero-order valence-corrected chi connectivity index (χ0v) is 16.0. The number of thiophene rings is 1. The molecule has 0 amide bonds. The lowest BCUT2D eigenvalue weighted by Gasteiger charge is -2.07. The normalized spacial score (nSPS) is 10.8. The third kappa shape index (κ3) is 3.61. The van der Waals surface area contributed by atoms with E-state index in [1.807, 2.05) is 6.07 Å². The van der Waals surface area contributed by atoms with E-state index in [9.17, 15) is 14.4 Å². The van der Waals surface area contributed by atoms with Crippen LogP contribution in [-0.2, 0) is 16.0 Å². The highest BCUT2D eigenvalue weighted by Gasteiger charge is 2.20. The molecule has 0 aliphatic rings. The Hall–Kier alpha value is -3.00. The number of carbonyl (C=O) groups excluding carboxylic acids is 2. The van der Waals surface area contributed by atoms with Crippen molar-refractivity contribution in [3.8, 4) is 0 Å². The van der Waals surface area contributed by atoms with Gasteiger partial charge < -0.3 is 9.47 Å². The molecule has 0 saturated carbocycles. The van der Waals surface area contributed by atoms with Gasteiger partial charge in [-0.15, -0.1) is 11.3 Å². The summed E-state index contributed by atoms with van der Waals surface area (Å²) in [6, 6.07) is 6.86. The summed E-state index contributed by atoms with van der Waals surface area (Å²) in [5.74, 6) is -0.889. The largest absolute Gasteiger partial charge is 0.465 e. The standard InChI is InChI=1S/C19H18N2O5S/c1-4-26-19(24)15-11(2)14-16(27-15)20-10-21(17(14)22)9-12-6-5-7-13(8-12)18(23)25-3/h5-8,10H,4,9H2,1-3H3. The second-order valence-electron chi connectivity index (χ2n) is 5.83. The number of aryl methyl sites for hydroxylation is 1. The average molecular weight is 386 g/mol. The number of hydrogen-bond donors (Lipinski definition) is 0. The van der Waals surface area contributed by atoms with Gasteiger partial charge in [0.1, 0.15) is 9.71 Å². The summed E-state index contributed by atoms with van der Waals surface area (Å²) in [6.07, 6.45) is 1.44. The lowest BCUT2D eigenvalue weighted by atomic mass is 10.1. The molecule has 0 unspecified atom stereocenters. The first-order valence-electron chi connectivity index (χ1n) is 8.29. The molecule has 0 bridgehead atoms. The molecule has 0 atom stereocenters. The number of ether oxygens (including phenoxy) is 2. The summed E-state index contributed by atoms with van der Waals surface area (Å²) in [5, 5.41) is 0.412. The molecule has 3 aromatic rings. The minimum absolute atomic E-state index is 0.243. The molecule has 2 heterocycles. The number of rotatable bonds is 5. The van der Waals surface area contributed by atoms with Gasteiger partial charge in [-0.25, -0.2) is 14.6 Å². The summed E-state index contributed by atoms with van der Waals surface area (Å²) in [5.41, 5.74) is 1.50. The van der Waals surface area contributed by atoms with Crippen LogP contribution in [-0.4, -0.2) is 35.2 Å². The van der Waals surface area contributed by atoms with E-state index in [1.54, 1.807) is 32.0 Å². The molecule has 7 nitrogen and oxygen atoms in total. The van der Waals surface area contributed by atoms with Crippen molar-refractivity contribution in [2.45, 2.75) is 20.4 Å². The predicted octanol–water partition coefficient (Wildman–Crippen LogP) is 2.78. The molecule has 8 heteroatoms. The highest BCUT2D eigenvalue weighted by atomic mass is 32.1. The van der Waals surface area contributed by atoms with Crippen LogP contribution in [0.4, 0.5) is 0 Å². The number of methoxy groups -OCH3 is 1. The van der Waals surface area contributed by atoms with Gasteiger partial charge in [-0.05, 0) is 37.1 Å². The molecule has 0 radical (unpaired) electrons. The van der Waals surface area contributed by atoms with Gasteiger partial charge in [-0.1, -0.05) is 12.1 Å². The lowest BCUT2D eigenvalue weighted by molar-refractivity contribution is 0.0530. The van der Waals surface area contributed by atoms with Crippen LogP contribution >= 0.6 is 11.3 Å². The van der Waals surface area contributed by atoms with Crippen LogP contribution in [0.15, 0.2) is 35.4 Å².